The highest BCUT2D eigenvalue weighted by Crippen LogP contribution is 2.30. The summed E-state index contributed by atoms with van der Waals surface area (Å²) in [4.78, 5) is 11.7. The van der Waals surface area contributed by atoms with Gasteiger partial charge in [-0.1, -0.05) is 6.42 Å². The van der Waals surface area contributed by atoms with E-state index in [0.717, 1.165) is 31.4 Å². The van der Waals surface area contributed by atoms with E-state index in [0.29, 0.717) is 24.9 Å². The highest BCUT2D eigenvalue weighted by Gasteiger charge is 2.26. The summed E-state index contributed by atoms with van der Waals surface area (Å²) in [5.74, 6) is -0.646. The van der Waals surface area contributed by atoms with Crippen LogP contribution in [0.5, 0.6) is 0 Å². The van der Waals surface area contributed by atoms with Crippen LogP contribution >= 0.6 is 0 Å². The lowest BCUT2D eigenvalue weighted by Crippen LogP contribution is -2.35. The minimum absolute atomic E-state index is 0.0364. The predicted molar refractivity (Wildman–Crippen MR) is 73.3 cm³/mol. The van der Waals surface area contributed by atoms with Gasteiger partial charge in [0.05, 0.1) is 5.69 Å². The third-order valence-corrected chi connectivity index (χ3v) is 3.82. The molecule has 2 rings (SSSR count). The molecular formula is C14H19F2N3O. The fourth-order valence-corrected chi connectivity index (χ4v) is 2.67. The minimum Gasteiger partial charge on any atom is -0.338 e. The summed E-state index contributed by atoms with van der Waals surface area (Å²) in [7, 11) is 0. The molecule has 0 bridgehead atoms. The van der Waals surface area contributed by atoms with Crippen LogP contribution in [0.15, 0.2) is 18.2 Å². The molecule has 4 N–H and O–H groups in total. The van der Waals surface area contributed by atoms with Crippen LogP contribution in [0, 0.1) is 23.5 Å². The molecule has 0 radical (unpaired) electrons. The molecule has 20 heavy (non-hydrogen) atoms. The molecular weight excluding hydrogens is 264 g/mol. The van der Waals surface area contributed by atoms with E-state index in [4.69, 9.17) is 5.73 Å². The van der Waals surface area contributed by atoms with Gasteiger partial charge in [0.2, 0.25) is 0 Å². The quantitative estimate of drug-likeness (QED) is 0.794. The van der Waals surface area contributed by atoms with Crippen LogP contribution in [0.3, 0.4) is 0 Å². The SMILES string of the molecule is NCC1CCCC1CNC(=O)Nc1ccc(F)cc1F. The maximum absolute atomic E-state index is 13.4. The van der Waals surface area contributed by atoms with E-state index in [1.807, 2.05) is 0 Å². The zero-order valence-corrected chi connectivity index (χ0v) is 11.2. The van der Waals surface area contributed by atoms with Gasteiger partial charge in [0.1, 0.15) is 11.6 Å². The van der Waals surface area contributed by atoms with Gasteiger partial charge in [-0.2, -0.15) is 0 Å². The van der Waals surface area contributed by atoms with E-state index in [-0.39, 0.29) is 5.69 Å². The summed E-state index contributed by atoms with van der Waals surface area (Å²) in [6, 6.07) is 2.54. The molecule has 110 valence electrons. The molecule has 0 heterocycles. The number of benzene rings is 1. The van der Waals surface area contributed by atoms with Crippen LogP contribution in [0.2, 0.25) is 0 Å². The van der Waals surface area contributed by atoms with Crippen molar-refractivity contribution in [2.45, 2.75) is 19.3 Å². The molecule has 2 unspecified atom stereocenters. The molecule has 0 saturated heterocycles. The van der Waals surface area contributed by atoms with Gasteiger partial charge in [0.25, 0.3) is 0 Å². The lowest BCUT2D eigenvalue weighted by Gasteiger charge is -2.18. The van der Waals surface area contributed by atoms with E-state index < -0.39 is 17.7 Å². The first-order valence-corrected chi connectivity index (χ1v) is 6.80. The molecule has 1 aromatic carbocycles. The van der Waals surface area contributed by atoms with Crippen molar-refractivity contribution < 1.29 is 13.6 Å². The van der Waals surface area contributed by atoms with Crippen LogP contribution in [0.25, 0.3) is 0 Å². The molecule has 2 atom stereocenters. The average Bonchev–Trinajstić information content (AvgIpc) is 2.87. The van der Waals surface area contributed by atoms with Crippen molar-refractivity contribution >= 4 is 11.7 Å². The summed E-state index contributed by atoms with van der Waals surface area (Å²) in [5.41, 5.74) is 5.64. The Hall–Kier alpha value is -1.69. The number of rotatable bonds is 4. The maximum atomic E-state index is 13.4. The Balaban J connectivity index is 1.83. The molecule has 6 heteroatoms. The first-order valence-electron chi connectivity index (χ1n) is 6.80. The second-order valence-electron chi connectivity index (χ2n) is 5.15. The normalized spacial score (nSPS) is 21.8. The molecule has 2 amide bonds. The Bertz CT molecular complexity index is 481. The Morgan fingerprint density at radius 1 is 1.30 bits per heavy atom. The van der Waals surface area contributed by atoms with E-state index in [9.17, 15) is 13.6 Å². The van der Waals surface area contributed by atoms with Crippen LogP contribution in [-0.2, 0) is 0 Å². The molecule has 0 aromatic heterocycles. The van der Waals surface area contributed by atoms with E-state index in [1.165, 1.54) is 6.07 Å². The largest absolute Gasteiger partial charge is 0.338 e. The molecule has 1 saturated carbocycles. The number of anilines is 1. The van der Waals surface area contributed by atoms with Crippen molar-refractivity contribution in [1.82, 2.24) is 5.32 Å². The molecule has 0 spiro atoms. The van der Waals surface area contributed by atoms with Crippen LogP contribution in [0.1, 0.15) is 19.3 Å². The van der Waals surface area contributed by atoms with Gasteiger partial charge in [0.15, 0.2) is 0 Å². The monoisotopic (exact) mass is 283 g/mol. The third-order valence-electron chi connectivity index (χ3n) is 3.82. The molecule has 1 aromatic rings. The van der Waals surface area contributed by atoms with E-state index in [1.54, 1.807) is 0 Å². The number of urea groups is 1. The average molecular weight is 283 g/mol. The number of nitrogens with one attached hydrogen (secondary N) is 2. The topological polar surface area (TPSA) is 67.1 Å². The summed E-state index contributed by atoms with van der Waals surface area (Å²) in [6.07, 6.45) is 3.27. The van der Waals surface area contributed by atoms with Crippen molar-refractivity contribution in [2.75, 3.05) is 18.4 Å². The Kier molecular flexibility index (Phi) is 4.89. The highest BCUT2D eigenvalue weighted by molar-refractivity contribution is 5.89. The summed E-state index contributed by atoms with van der Waals surface area (Å²) >= 11 is 0. The molecule has 1 aliphatic rings. The van der Waals surface area contributed by atoms with Crippen molar-refractivity contribution in [1.29, 1.82) is 0 Å². The minimum atomic E-state index is -0.791. The van der Waals surface area contributed by atoms with Gasteiger partial charge >= 0.3 is 6.03 Å². The smallest absolute Gasteiger partial charge is 0.319 e. The fraction of sp³-hybridized carbons (Fsp3) is 0.500. The van der Waals surface area contributed by atoms with Gasteiger partial charge in [-0.05, 0) is 43.4 Å². The zero-order chi connectivity index (χ0) is 14.5. The Morgan fingerprint density at radius 3 is 2.75 bits per heavy atom. The fourth-order valence-electron chi connectivity index (χ4n) is 2.67. The highest BCUT2D eigenvalue weighted by atomic mass is 19.1. The van der Waals surface area contributed by atoms with Crippen molar-refractivity contribution in [3.63, 3.8) is 0 Å². The van der Waals surface area contributed by atoms with Crippen LogP contribution in [0.4, 0.5) is 19.3 Å². The lowest BCUT2D eigenvalue weighted by molar-refractivity contribution is 0.248. The number of carbonyl (C=O) groups is 1. The van der Waals surface area contributed by atoms with Crippen LogP contribution in [-0.4, -0.2) is 19.1 Å². The maximum Gasteiger partial charge on any atom is 0.319 e. The first-order chi connectivity index (χ1) is 9.60. The van der Waals surface area contributed by atoms with Crippen molar-refractivity contribution in [2.24, 2.45) is 17.6 Å². The standard InChI is InChI=1S/C14H19F2N3O/c15-11-4-5-13(12(16)6-11)19-14(20)18-8-10-3-1-2-9(10)7-17/h4-6,9-10H,1-3,7-8,17H2,(H2,18,19,20). The number of carbonyl (C=O) groups excluding carboxylic acids is 1. The van der Waals surface area contributed by atoms with Gasteiger partial charge in [0, 0.05) is 12.6 Å². The molecule has 1 aliphatic carbocycles. The number of nitrogens with two attached hydrogens (primary N) is 1. The second kappa shape index (κ2) is 6.65. The van der Waals surface area contributed by atoms with Gasteiger partial charge in [-0.15, -0.1) is 0 Å². The lowest BCUT2D eigenvalue weighted by atomic mass is 9.96. The molecule has 4 nitrogen and oxygen atoms in total. The van der Waals surface area contributed by atoms with Crippen LogP contribution < -0.4 is 16.4 Å². The van der Waals surface area contributed by atoms with Crippen molar-refractivity contribution in [3.05, 3.63) is 29.8 Å². The zero-order valence-electron chi connectivity index (χ0n) is 11.2. The van der Waals surface area contributed by atoms with Gasteiger partial charge in [-0.3, -0.25) is 0 Å². The van der Waals surface area contributed by atoms with E-state index in [2.05, 4.69) is 10.6 Å². The molecule has 1 fully saturated rings. The van der Waals surface area contributed by atoms with E-state index >= 15 is 0 Å². The first kappa shape index (κ1) is 14.7. The summed E-state index contributed by atoms with van der Waals surface area (Å²) in [6.45, 7) is 1.15. The number of hydrogen-bond acceptors (Lipinski definition) is 2. The van der Waals surface area contributed by atoms with Crippen molar-refractivity contribution in [3.8, 4) is 0 Å². The number of amides is 2. The summed E-state index contributed by atoms with van der Waals surface area (Å²) < 4.78 is 26.1. The number of halogens is 2. The second-order valence-corrected chi connectivity index (χ2v) is 5.15. The number of hydrogen-bond donors (Lipinski definition) is 3. The Morgan fingerprint density at radius 2 is 2.05 bits per heavy atom. The summed E-state index contributed by atoms with van der Waals surface area (Å²) in [5, 5.41) is 5.08. The molecule has 0 aliphatic heterocycles. The predicted octanol–water partition coefficient (Wildman–Crippen LogP) is 2.46. The Labute approximate surface area is 116 Å². The van der Waals surface area contributed by atoms with Gasteiger partial charge in [-0.25, -0.2) is 13.6 Å². The third kappa shape index (κ3) is 3.66. The van der Waals surface area contributed by atoms with Gasteiger partial charge < -0.3 is 16.4 Å².